The Morgan fingerprint density at radius 1 is 0.977 bits per heavy atom. The van der Waals surface area contributed by atoms with E-state index in [1.54, 1.807) is 7.11 Å². The number of benzene rings is 2. The quantitative estimate of drug-likeness (QED) is 0.335. The van der Waals surface area contributed by atoms with Gasteiger partial charge in [-0.1, -0.05) is 51.1 Å². The lowest BCUT2D eigenvalue weighted by molar-refractivity contribution is -0.152. The summed E-state index contributed by atoms with van der Waals surface area (Å²) in [6.45, 7) is 5.73. The van der Waals surface area contributed by atoms with Gasteiger partial charge < -0.3 is 29.2 Å². The van der Waals surface area contributed by atoms with Crippen molar-refractivity contribution in [2.24, 2.45) is 5.41 Å². The fourth-order valence-corrected chi connectivity index (χ4v) is 5.95. The van der Waals surface area contributed by atoms with Crippen LogP contribution in [-0.2, 0) is 19.1 Å². The molecule has 2 fully saturated rings. The molecular weight excluding hydrogens is 562 g/mol. The van der Waals surface area contributed by atoms with Gasteiger partial charge in [0, 0.05) is 29.5 Å². The van der Waals surface area contributed by atoms with E-state index in [-0.39, 0.29) is 19.1 Å². The van der Waals surface area contributed by atoms with Gasteiger partial charge in [-0.2, -0.15) is 0 Å². The third-order valence-electron chi connectivity index (χ3n) is 8.31. The fraction of sp³-hybridized carbons (Fsp3) is 0.471. The first-order valence-electron chi connectivity index (χ1n) is 15.1. The van der Waals surface area contributed by atoms with Crippen LogP contribution in [0.5, 0.6) is 11.5 Å². The molecule has 1 aliphatic heterocycles. The van der Waals surface area contributed by atoms with E-state index in [1.165, 1.54) is 12.0 Å². The minimum absolute atomic E-state index is 0.130. The first-order valence-corrected chi connectivity index (χ1v) is 15.1. The molecule has 10 heteroatoms. The summed E-state index contributed by atoms with van der Waals surface area (Å²) in [7, 11) is 2.90. The van der Waals surface area contributed by atoms with Crippen LogP contribution in [0.15, 0.2) is 54.6 Å². The van der Waals surface area contributed by atoms with Crippen LogP contribution in [0.4, 0.5) is 4.79 Å². The summed E-state index contributed by atoms with van der Waals surface area (Å²) < 4.78 is 22.7. The molecule has 5 rings (SSSR count). The van der Waals surface area contributed by atoms with Gasteiger partial charge in [-0.05, 0) is 43.2 Å². The minimum atomic E-state index is -0.929. The van der Waals surface area contributed by atoms with Crippen LogP contribution in [0, 0.1) is 5.41 Å². The van der Waals surface area contributed by atoms with Crippen LogP contribution in [0.25, 0.3) is 22.2 Å². The highest BCUT2D eigenvalue weighted by Gasteiger charge is 2.46. The molecule has 3 atom stereocenters. The maximum absolute atomic E-state index is 14.1. The summed E-state index contributed by atoms with van der Waals surface area (Å²) >= 11 is 0. The van der Waals surface area contributed by atoms with E-state index in [1.807, 2.05) is 75.4 Å². The van der Waals surface area contributed by atoms with Crippen molar-refractivity contribution < 1.29 is 33.3 Å². The number of carbonyl (C=O) groups excluding carboxylic acids is 3. The van der Waals surface area contributed by atoms with E-state index >= 15 is 0 Å². The smallest absolute Gasteiger partial charge is 0.408 e. The van der Waals surface area contributed by atoms with Crippen molar-refractivity contribution in [3.63, 3.8) is 0 Å². The number of carbonyl (C=O) groups is 3. The topological polar surface area (TPSA) is 116 Å². The van der Waals surface area contributed by atoms with Gasteiger partial charge in [0.1, 0.15) is 35.8 Å². The van der Waals surface area contributed by atoms with E-state index in [0.29, 0.717) is 17.0 Å². The highest BCUT2D eigenvalue weighted by Crippen LogP contribution is 2.35. The summed E-state index contributed by atoms with van der Waals surface area (Å²) in [6.07, 6.45) is 2.60. The Morgan fingerprint density at radius 2 is 1.70 bits per heavy atom. The number of alkyl carbamates (subject to hydrolysis) is 1. The number of methoxy groups -OCH3 is 2. The first-order chi connectivity index (χ1) is 21.1. The Morgan fingerprint density at radius 3 is 2.36 bits per heavy atom. The zero-order valence-corrected chi connectivity index (χ0v) is 26.0. The van der Waals surface area contributed by atoms with Gasteiger partial charge in [0.15, 0.2) is 0 Å². The molecule has 2 aromatic carbocycles. The Hall–Kier alpha value is -4.34. The normalized spacial score (nSPS) is 19.4. The summed E-state index contributed by atoms with van der Waals surface area (Å²) in [5, 5.41) is 3.57. The number of ether oxygens (including phenoxy) is 4. The van der Waals surface area contributed by atoms with Gasteiger partial charge in [-0.3, -0.25) is 4.79 Å². The number of pyridine rings is 1. The predicted octanol–water partition coefficient (Wildman–Crippen LogP) is 5.52. The Balaban J connectivity index is 1.42. The van der Waals surface area contributed by atoms with Gasteiger partial charge in [0.25, 0.3) is 0 Å². The van der Waals surface area contributed by atoms with Gasteiger partial charge in [-0.15, -0.1) is 0 Å². The zero-order chi connectivity index (χ0) is 31.4. The van der Waals surface area contributed by atoms with E-state index in [9.17, 15) is 14.4 Å². The molecule has 44 heavy (non-hydrogen) atoms. The Bertz CT molecular complexity index is 1500. The molecule has 10 nitrogen and oxygen atoms in total. The number of nitrogens with one attached hydrogen (secondary N) is 1. The Labute approximate surface area is 258 Å². The van der Waals surface area contributed by atoms with Crippen molar-refractivity contribution >= 4 is 28.9 Å². The minimum Gasteiger partial charge on any atom is -0.497 e. The second kappa shape index (κ2) is 13.1. The maximum atomic E-state index is 14.1. The molecular formula is C34H41N3O7. The standard InChI is InChI=1S/C34H41N3O7/c1-34(2,3)30(36-33(40)44-22-13-9-10-14-22)31(38)37-20-24(18-28(37)32(39)42-5)43-29-19-26(21-11-7-6-8-12-21)35-27-17-23(41-4)15-16-25(27)29/h6-8,11-12,15-17,19,22,24,28,30H,9-10,13-14,18,20H2,1-5H3,(H,36,40)/t24-,28+,30-/m1/s1. The van der Waals surface area contributed by atoms with Gasteiger partial charge in [0.05, 0.1) is 32.0 Å². The second-order valence-electron chi connectivity index (χ2n) is 12.5. The molecule has 234 valence electrons. The van der Waals surface area contributed by atoms with Crippen LogP contribution in [0.1, 0.15) is 52.9 Å². The van der Waals surface area contributed by atoms with Crippen molar-refractivity contribution in [3.05, 3.63) is 54.6 Å². The van der Waals surface area contributed by atoms with Crippen LogP contribution in [0.2, 0.25) is 0 Å². The summed E-state index contributed by atoms with van der Waals surface area (Å²) in [5.74, 6) is 0.304. The number of nitrogens with zero attached hydrogens (tertiary/aromatic N) is 2. The van der Waals surface area contributed by atoms with Gasteiger partial charge in [0.2, 0.25) is 5.91 Å². The SMILES string of the molecule is COC(=O)[C@@H]1C[C@@H](Oc2cc(-c3ccccc3)nc3cc(OC)ccc23)CN1C(=O)[C@@H](NC(=O)OC1CCCC1)C(C)(C)C. The van der Waals surface area contributed by atoms with Crippen molar-refractivity contribution in [3.8, 4) is 22.8 Å². The average molecular weight is 604 g/mol. The monoisotopic (exact) mass is 603 g/mol. The zero-order valence-electron chi connectivity index (χ0n) is 26.0. The lowest BCUT2D eigenvalue weighted by Crippen LogP contribution is -2.57. The third-order valence-corrected chi connectivity index (χ3v) is 8.31. The number of esters is 1. The van der Waals surface area contributed by atoms with Crippen molar-refractivity contribution in [2.75, 3.05) is 20.8 Å². The van der Waals surface area contributed by atoms with Crippen LogP contribution in [0.3, 0.4) is 0 Å². The summed E-state index contributed by atoms with van der Waals surface area (Å²) in [6, 6.07) is 15.4. The van der Waals surface area contributed by atoms with Crippen LogP contribution < -0.4 is 14.8 Å². The number of rotatable bonds is 8. The van der Waals surface area contributed by atoms with E-state index in [2.05, 4.69) is 5.32 Å². The molecule has 0 radical (unpaired) electrons. The van der Waals surface area contributed by atoms with Gasteiger partial charge in [-0.25, -0.2) is 14.6 Å². The van der Waals surface area contributed by atoms with Crippen LogP contribution >= 0.6 is 0 Å². The lowest BCUT2D eigenvalue weighted by Gasteiger charge is -2.35. The fourth-order valence-electron chi connectivity index (χ4n) is 5.95. The molecule has 1 saturated heterocycles. The molecule has 3 aromatic rings. The van der Waals surface area contributed by atoms with Gasteiger partial charge >= 0.3 is 12.1 Å². The molecule has 1 aliphatic carbocycles. The van der Waals surface area contributed by atoms with Crippen molar-refractivity contribution in [1.82, 2.24) is 15.2 Å². The van der Waals surface area contributed by atoms with Crippen LogP contribution in [-0.4, -0.2) is 72.9 Å². The number of likely N-dealkylation sites (tertiary alicyclic amines) is 1. The second-order valence-corrected chi connectivity index (χ2v) is 12.5. The summed E-state index contributed by atoms with van der Waals surface area (Å²) in [5.41, 5.74) is 1.67. The molecule has 2 amide bonds. The third kappa shape index (κ3) is 6.90. The molecule has 0 unspecified atom stereocenters. The molecule has 1 saturated carbocycles. The highest BCUT2D eigenvalue weighted by molar-refractivity contribution is 5.91. The van der Waals surface area contributed by atoms with Crippen molar-refractivity contribution in [1.29, 1.82) is 0 Å². The van der Waals surface area contributed by atoms with E-state index in [0.717, 1.165) is 42.3 Å². The average Bonchev–Trinajstić information content (AvgIpc) is 3.69. The van der Waals surface area contributed by atoms with E-state index in [4.69, 9.17) is 23.9 Å². The predicted molar refractivity (Wildman–Crippen MR) is 165 cm³/mol. The molecule has 1 N–H and O–H groups in total. The van der Waals surface area contributed by atoms with Crippen molar-refractivity contribution in [2.45, 2.75) is 77.2 Å². The number of aromatic nitrogens is 1. The number of amides is 2. The largest absolute Gasteiger partial charge is 0.497 e. The lowest BCUT2D eigenvalue weighted by atomic mass is 9.85. The number of hydrogen-bond acceptors (Lipinski definition) is 8. The number of fused-ring (bicyclic) bond motifs is 1. The summed E-state index contributed by atoms with van der Waals surface area (Å²) in [4.78, 5) is 46.2. The maximum Gasteiger partial charge on any atom is 0.408 e. The Kier molecular flexibility index (Phi) is 9.27. The molecule has 0 spiro atoms. The molecule has 2 heterocycles. The van der Waals surface area contributed by atoms with E-state index < -0.39 is 41.6 Å². The first kappa shape index (κ1) is 31.1. The molecule has 2 aliphatic rings. The molecule has 1 aromatic heterocycles. The number of hydrogen-bond donors (Lipinski definition) is 1. The molecule has 0 bridgehead atoms. The highest BCUT2D eigenvalue weighted by atomic mass is 16.6.